The molecule has 1 fully saturated rings. The first-order valence-corrected chi connectivity index (χ1v) is 8.33. The van der Waals surface area contributed by atoms with E-state index in [2.05, 4.69) is 26.1 Å². The zero-order valence-corrected chi connectivity index (χ0v) is 13.1. The van der Waals surface area contributed by atoms with Crippen molar-refractivity contribution in [1.29, 1.82) is 0 Å². The SMILES string of the molecule is CC(C)(C)NCC1CCCCCCCCCCC1. The molecule has 0 radical (unpaired) electrons. The predicted molar refractivity (Wildman–Crippen MR) is 82.0 cm³/mol. The molecule has 1 aliphatic carbocycles. The van der Waals surface area contributed by atoms with Gasteiger partial charge in [-0.1, -0.05) is 57.8 Å². The van der Waals surface area contributed by atoms with E-state index in [9.17, 15) is 0 Å². The average Bonchev–Trinajstić information content (AvgIpc) is 2.27. The van der Waals surface area contributed by atoms with E-state index in [1.807, 2.05) is 0 Å². The number of hydrogen-bond acceptors (Lipinski definition) is 1. The first kappa shape index (κ1) is 16.0. The van der Waals surface area contributed by atoms with Gasteiger partial charge in [0.15, 0.2) is 0 Å². The summed E-state index contributed by atoms with van der Waals surface area (Å²) in [4.78, 5) is 0. The van der Waals surface area contributed by atoms with E-state index in [-0.39, 0.29) is 5.54 Å². The summed E-state index contributed by atoms with van der Waals surface area (Å²) in [7, 11) is 0. The topological polar surface area (TPSA) is 12.0 Å². The quantitative estimate of drug-likeness (QED) is 0.704. The van der Waals surface area contributed by atoms with Crippen LogP contribution in [0.5, 0.6) is 0 Å². The van der Waals surface area contributed by atoms with Gasteiger partial charge in [0.25, 0.3) is 0 Å². The van der Waals surface area contributed by atoms with Crippen LogP contribution in [0.1, 0.15) is 91.4 Å². The summed E-state index contributed by atoms with van der Waals surface area (Å²) in [5, 5.41) is 3.70. The molecular weight excluding hydrogens is 218 g/mol. The van der Waals surface area contributed by atoms with Crippen LogP contribution in [0.4, 0.5) is 0 Å². The van der Waals surface area contributed by atoms with E-state index in [0.29, 0.717) is 0 Å². The first-order chi connectivity index (χ1) is 8.58. The molecule has 0 spiro atoms. The van der Waals surface area contributed by atoms with Crippen LogP contribution in [0.3, 0.4) is 0 Å². The second kappa shape index (κ2) is 8.96. The molecule has 1 aliphatic rings. The van der Waals surface area contributed by atoms with E-state index >= 15 is 0 Å². The fourth-order valence-electron chi connectivity index (χ4n) is 2.90. The molecule has 18 heavy (non-hydrogen) atoms. The molecule has 0 aromatic carbocycles. The molecule has 0 unspecified atom stereocenters. The Hall–Kier alpha value is -0.0400. The smallest absolute Gasteiger partial charge is 0.00966 e. The van der Waals surface area contributed by atoms with Gasteiger partial charge in [0.1, 0.15) is 0 Å². The number of rotatable bonds is 2. The van der Waals surface area contributed by atoms with Crippen molar-refractivity contribution in [3.8, 4) is 0 Å². The molecule has 0 amide bonds. The Morgan fingerprint density at radius 2 is 1.11 bits per heavy atom. The van der Waals surface area contributed by atoms with Crippen molar-refractivity contribution in [1.82, 2.24) is 5.32 Å². The third-order valence-electron chi connectivity index (χ3n) is 4.15. The van der Waals surface area contributed by atoms with Gasteiger partial charge in [0.2, 0.25) is 0 Å². The third kappa shape index (κ3) is 8.97. The van der Waals surface area contributed by atoms with E-state index in [0.717, 1.165) is 5.92 Å². The molecule has 0 aromatic heterocycles. The van der Waals surface area contributed by atoms with Gasteiger partial charge < -0.3 is 5.32 Å². The molecular formula is C17H35N. The number of nitrogens with one attached hydrogen (secondary N) is 1. The van der Waals surface area contributed by atoms with E-state index in [4.69, 9.17) is 0 Å². The summed E-state index contributed by atoms with van der Waals surface area (Å²) >= 11 is 0. The highest BCUT2D eigenvalue weighted by molar-refractivity contribution is 4.73. The molecule has 1 rings (SSSR count). The molecule has 0 aromatic rings. The van der Waals surface area contributed by atoms with Crippen LogP contribution in [0.25, 0.3) is 0 Å². The van der Waals surface area contributed by atoms with E-state index in [1.165, 1.54) is 77.2 Å². The van der Waals surface area contributed by atoms with Crippen molar-refractivity contribution < 1.29 is 0 Å². The molecule has 1 saturated carbocycles. The molecule has 1 nitrogen and oxygen atoms in total. The van der Waals surface area contributed by atoms with Crippen molar-refractivity contribution in [2.24, 2.45) is 5.92 Å². The second-order valence-electron chi connectivity index (χ2n) is 7.26. The molecule has 0 saturated heterocycles. The summed E-state index contributed by atoms with van der Waals surface area (Å²) in [6.07, 6.45) is 16.1. The average molecular weight is 253 g/mol. The molecule has 108 valence electrons. The van der Waals surface area contributed by atoms with Crippen molar-refractivity contribution in [2.45, 2.75) is 96.9 Å². The lowest BCUT2D eigenvalue weighted by Gasteiger charge is -2.25. The highest BCUT2D eigenvalue weighted by Gasteiger charge is 2.14. The number of hydrogen-bond donors (Lipinski definition) is 1. The highest BCUT2D eigenvalue weighted by Crippen LogP contribution is 2.21. The molecule has 0 aliphatic heterocycles. The summed E-state index contributed by atoms with van der Waals surface area (Å²) in [6.45, 7) is 8.07. The Morgan fingerprint density at radius 3 is 1.50 bits per heavy atom. The Bertz CT molecular complexity index is 180. The van der Waals surface area contributed by atoms with Crippen LogP contribution in [-0.2, 0) is 0 Å². The van der Waals surface area contributed by atoms with E-state index < -0.39 is 0 Å². The van der Waals surface area contributed by atoms with Crippen LogP contribution in [0.15, 0.2) is 0 Å². The lowest BCUT2D eigenvalue weighted by molar-refractivity contribution is 0.327. The van der Waals surface area contributed by atoms with Gasteiger partial charge in [0.05, 0.1) is 0 Å². The molecule has 0 heterocycles. The Kier molecular flexibility index (Phi) is 7.97. The monoisotopic (exact) mass is 253 g/mol. The van der Waals surface area contributed by atoms with Gasteiger partial charge in [-0.15, -0.1) is 0 Å². The fourth-order valence-corrected chi connectivity index (χ4v) is 2.90. The van der Waals surface area contributed by atoms with Gasteiger partial charge in [-0.05, 0) is 46.1 Å². The summed E-state index contributed by atoms with van der Waals surface area (Å²) < 4.78 is 0. The first-order valence-electron chi connectivity index (χ1n) is 8.33. The Balaban J connectivity index is 2.27. The van der Waals surface area contributed by atoms with E-state index in [1.54, 1.807) is 0 Å². The van der Waals surface area contributed by atoms with Gasteiger partial charge in [-0.25, -0.2) is 0 Å². The fraction of sp³-hybridized carbons (Fsp3) is 1.00. The summed E-state index contributed by atoms with van der Waals surface area (Å²) in [5.74, 6) is 0.920. The third-order valence-corrected chi connectivity index (χ3v) is 4.15. The lowest BCUT2D eigenvalue weighted by Crippen LogP contribution is -2.39. The minimum atomic E-state index is 0.281. The van der Waals surface area contributed by atoms with Crippen LogP contribution in [-0.4, -0.2) is 12.1 Å². The largest absolute Gasteiger partial charge is 0.312 e. The normalized spacial score (nSPS) is 22.2. The summed E-state index contributed by atoms with van der Waals surface area (Å²) in [5.41, 5.74) is 0.281. The predicted octanol–water partition coefficient (Wildman–Crippen LogP) is 5.30. The minimum absolute atomic E-state index is 0.281. The van der Waals surface area contributed by atoms with Crippen LogP contribution in [0, 0.1) is 5.92 Å². The zero-order valence-electron chi connectivity index (χ0n) is 13.1. The molecule has 1 heteroatoms. The Labute approximate surface area is 115 Å². The Morgan fingerprint density at radius 1 is 0.722 bits per heavy atom. The maximum Gasteiger partial charge on any atom is 0.00966 e. The zero-order chi connectivity index (χ0) is 13.3. The maximum absolute atomic E-state index is 3.70. The maximum atomic E-state index is 3.70. The van der Waals surface area contributed by atoms with Crippen molar-refractivity contribution in [3.05, 3.63) is 0 Å². The van der Waals surface area contributed by atoms with Gasteiger partial charge in [-0.3, -0.25) is 0 Å². The van der Waals surface area contributed by atoms with Gasteiger partial charge in [-0.2, -0.15) is 0 Å². The highest BCUT2D eigenvalue weighted by atomic mass is 14.9. The standard InChI is InChI=1S/C17H35N/c1-17(2,3)18-15-16-13-11-9-7-5-4-6-8-10-12-14-16/h16,18H,4-15H2,1-3H3. The molecule has 0 atom stereocenters. The van der Waals surface area contributed by atoms with Gasteiger partial charge in [0, 0.05) is 5.54 Å². The van der Waals surface area contributed by atoms with Crippen LogP contribution >= 0.6 is 0 Å². The summed E-state index contributed by atoms with van der Waals surface area (Å²) in [6, 6.07) is 0. The van der Waals surface area contributed by atoms with Crippen molar-refractivity contribution in [2.75, 3.05) is 6.54 Å². The van der Waals surface area contributed by atoms with Crippen LogP contribution in [0.2, 0.25) is 0 Å². The second-order valence-corrected chi connectivity index (χ2v) is 7.26. The van der Waals surface area contributed by atoms with Gasteiger partial charge >= 0.3 is 0 Å². The molecule has 0 bridgehead atoms. The van der Waals surface area contributed by atoms with Crippen molar-refractivity contribution in [3.63, 3.8) is 0 Å². The van der Waals surface area contributed by atoms with Crippen molar-refractivity contribution >= 4 is 0 Å². The minimum Gasteiger partial charge on any atom is -0.312 e. The molecule has 1 N–H and O–H groups in total. The van der Waals surface area contributed by atoms with Crippen LogP contribution < -0.4 is 5.32 Å². The lowest BCUT2D eigenvalue weighted by atomic mass is 9.92.